The molecule has 1 saturated carbocycles. The number of halogens is 1. The molecule has 2 fully saturated rings. The molecule has 5 rings (SSSR count). The van der Waals surface area contributed by atoms with Gasteiger partial charge < -0.3 is 9.72 Å². The van der Waals surface area contributed by atoms with Gasteiger partial charge in [-0.3, -0.25) is 9.69 Å². The van der Waals surface area contributed by atoms with Crippen molar-refractivity contribution in [2.24, 2.45) is 0 Å². The van der Waals surface area contributed by atoms with Crippen molar-refractivity contribution in [1.82, 2.24) is 19.9 Å². The van der Waals surface area contributed by atoms with Crippen LogP contribution >= 0.6 is 0 Å². The number of nitriles is 1. The first-order valence-corrected chi connectivity index (χ1v) is 10.1. The number of aromatic nitrogens is 3. The molecule has 2 aliphatic rings. The van der Waals surface area contributed by atoms with Gasteiger partial charge in [0.2, 0.25) is 5.88 Å². The van der Waals surface area contributed by atoms with Gasteiger partial charge in [-0.2, -0.15) is 5.26 Å². The predicted molar refractivity (Wildman–Crippen MR) is 108 cm³/mol. The van der Waals surface area contributed by atoms with Crippen LogP contribution in [0, 0.1) is 17.1 Å². The molecular formula is C22H20FN5O2. The van der Waals surface area contributed by atoms with Gasteiger partial charge in [-0.05, 0) is 43.5 Å². The van der Waals surface area contributed by atoms with Crippen LogP contribution in [0.15, 0.2) is 41.3 Å². The van der Waals surface area contributed by atoms with E-state index in [0.717, 1.165) is 32.4 Å². The Kier molecular flexibility index (Phi) is 4.68. The van der Waals surface area contributed by atoms with Crippen molar-refractivity contribution in [3.63, 3.8) is 0 Å². The van der Waals surface area contributed by atoms with Crippen LogP contribution in [0.3, 0.4) is 0 Å². The van der Waals surface area contributed by atoms with Crippen molar-refractivity contribution >= 4 is 10.9 Å². The highest BCUT2D eigenvalue weighted by atomic mass is 19.1. The summed E-state index contributed by atoms with van der Waals surface area (Å²) in [6.07, 6.45) is 4.53. The summed E-state index contributed by atoms with van der Waals surface area (Å²) >= 11 is 0. The molecule has 8 heteroatoms. The number of hydrogen-bond donors (Lipinski definition) is 1. The minimum atomic E-state index is -0.436. The van der Waals surface area contributed by atoms with E-state index in [1.54, 1.807) is 18.2 Å². The second-order valence-electron chi connectivity index (χ2n) is 7.97. The summed E-state index contributed by atoms with van der Waals surface area (Å²) in [6, 6.07) is 10.0. The van der Waals surface area contributed by atoms with Crippen molar-refractivity contribution < 1.29 is 9.13 Å². The van der Waals surface area contributed by atoms with Crippen molar-refractivity contribution in [2.45, 2.75) is 37.3 Å². The molecular weight excluding hydrogens is 385 g/mol. The normalized spacial score (nSPS) is 22.0. The zero-order valence-electron chi connectivity index (χ0n) is 16.2. The number of likely N-dealkylation sites (tertiary alicyclic amines) is 1. The highest BCUT2D eigenvalue weighted by Gasteiger charge is 2.38. The summed E-state index contributed by atoms with van der Waals surface area (Å²) in [4.78, 5) is 26.3. The lowest BCUT2D eigenvalue weighted by atomic mass is 10.0. The third kappa shape index (κ3) is 3.53. The average Bonchev–Trinajstić information content (AvgIpc) is 3.21. The maximum Gasteiger partial charge on any atom is 0.258 e. The van der Waals surface area contributed by atoms with Crippen LogP contribution in [-0.4, -0.2) is 45.1 Å². The van der Waals surface area contributed by atoms with E-state index in [0.29, 0.717) is 28.8 Å². The molecule has 0 amide bonds. The molecule has 152 valence electrons. The molecule has 0 spiro atoms. The van der Waals surface area contributed by atoms with Crippen LogP contribution in [0.5, 0.6) is 5.88 Å². The van der Waals surface area contributed by atoms with Gasteiger partial charge in [-0.15, -0.1) is 0 Å². The molecule has 1 N–H and O–H groups in total. The number of rotatable bonds is 4. The van der Waals surface area contributed by atoms with Gasteiger partial charge in [-0.25, -0.2) is 14.4 Å². The van der Waals surface area contributed by atoms with Gasteiger partial charge in [0.05, 0.1) is 16.5 Å². The molecule has 0 unspecified atom stereocenters. The van der Waals surface area contributed by atoms with E-state index in [-0.39, 0.29) is 23.0 Å². The standard InChI is InChI=1S/C22H20FN5O2/c23-15-3-5-19-18(8-15)22(29)27-21(26-19)14-2-4-16(7-14)28-11-17(12-28)30-20-6-1-13(9-24)10-25-20/h1,3,5-6,8,10,14,16-17H,2,4,7,11-12H2,(H,26,27,29)/t14-,16+/m1/s1. The molecule has 1 aliphatic carbocycles. The summed E-state index contributed by atoms with van der Waals surface area (Å²) in [5.74, 6) is 0.987. The van der Waals surface area contributed by atoms with Crippen molar-refractivity contribution in [1.29, 1.82) is 5.26 Å². The van der Waals surface area contributed by atoms with E-state index in [2.05, 4.69) is 19.9 Å². The average molecular weight is 405 g/mol. The largest absolute Gasteiger partial charge is 0.472 e. The van der Waals surface area contributed by atoms with E-state index in [1.165, 1.54) is 18.3 Å². The number of nitrogens with one attached hydrogen (secondary N) is 1. The van der Waals surface area contributed by atoms with E-state index >= 15 is 0 Å². The van der Waals surface area contributed by atoms with Crippen LogP contribution in [-0.2, 0) is 0 Å². The van der Waals surface area contributed by atoms with Crippen LogP contribution < -0.4 is 10.3 Å². The lowest BCUT2D eigenvalue weighted by Gasteiger charge is -2.42. The molecule has 0 radical (unpaired) electrons. The Morgan fingerprint density at radius 1 is 1.23 bits per heavy atom. The maximum absolute atomic E-state index is 13.4. The van der Waals surface area contributed by atoms with Gasteiger partial charge in [0.15, 0.2) is 0 Å². The quantitative estimate of drug-likeness (QED) is 0.717. The fourth-order valence-corrected chi connectivity index (χ4v) is 4.39. The van der Waals surface area contributed by atoms with Crippen molar-refractivity contribution in [2.75, 3.05) is 13.1 Å². The topological polar surface area (TPSA) is 94.9 Å². The molecule has 1 aromatic carbocycles. The smallest absolute Gasteiger partial charge is 0.258 e. The van der Waals surface area contributed by atoms with Crippen LogP contribution in [0.25, 0.3) is 10.9 Å². The minimum Gasteiger partial charge on any atom is -0.472 e. The van der Waals surface area contributed by atoms with Crippen LogP contribution in [0.1, 0.15) is 36.6 Å². The second-order valence-corrected chi connectivity index (χ2v) is 7.97. The molecule has 2 aromatic heterocycles. The number of hydrogen-bond acceptors (Lipinski definition) is 6. The second kappa shape index (κ2) is 7.50. The number of H-pyrrole nitrogens is 1. The fourth-order valence-electron chi connectivity index (χ4n) is 4.39. The Labute approximate surface area is 172 Å². The van der Waals surface area contributed by atoms with Gasteiger partial charge in [-0.1, -0.05) is 0 Å². The molecule has 3 aromatic rings. The first-order chi connectivity index (χ1) is 14.6. The molecule has 7 nitrogen and oxygen atoms in total. The molecule has 3 heterocycles. The van der Waals surface area contributed by atoms with Gasteiger partial charge in [0.1, 0.15) is 23.8 Å². The van der Waals surface area contributed by atoms with E-state index in [9.17, 15) is 9.18 Å². The first-order valence-electron chi connectivity index (χ1n) is 10.1. The number of fused-ring (bicyclic) bond motifs is 1. The Hall–Kier alpha value is -3.31. The molecule has 2 atom stereocenters. The van der Waals surface area contributed by atoms with E-state index < -0.39 is 5.82 Å². The van der Waals surface area contributed by atoms with Gasteiger partial charge in [0.25, 0.3) is 5.56 Å². The third-order valence-electron chi connectivity index (χ3n) is 6.02. The SMILES string of the molecule is N#Cc1ccc(OC2CN([C@H]3CC[C@@H](c4nc5ccc(F)cc5c(=O)[nH]4)C3)C2)nc1. The number of ether oxygens (including phenoxy) is 1. The maximum atomic E-state index is 13.4. The summed E-state index contributed by atoms with van der Waals surface area (Å²) < 4.78 is 19.3. The first kappa shape index (κ1) is 18.7. The van der Waals surface area contributed by atoms with Crippen molar-refractivity contribution in [3.05, 3.63) is 64.1 Å². The zero-order valence-corrected chi connectivity index (χ0v) is 16.2. The lowest BCUT2D eigenvalue weighted by molar-refractivity contribution is -0.0100. The Balaban J connectivity index is 1.20. The highest BCUT2D eigenvalue weighted by Crippen LogP contribution is 2.37. The van der Waals surface area contributed by atoms with Gasteiger partial charge in [0, 0.05) is 37.3 Å². The molecule has 0 bridgehead atoms. The molecule has 1 saturated heterocycles. The Morgan fingerprint density at radius 2 is 2.10 bits per heavy atom. The minimum absolute atomic E-state index is 0.0954. The monoisotopic (exact) mass is 405 g/mol. The predicted octanol–water partition coefficient (Wildman–Crippen LogP) is 2.73. The highest BCUT2D eigenvalue weighted by molar-refractivity contribution is 5.77. The summed E-state index contributed by atoms with van der Waals surface area (Å²) in [7, 11) is 0. The Bertz CT molecular complexity index is 1180. The molecule has 30 heavy (non-hydrogen) atoms. The zero-order chi connectivity index (χ0) is 20.7. The Morgan fingerprint density at radius 3 is 2.87 bits per heavy atom. The molecule has 1 aliphatic heterocycles. The van der Waals surface area contributed by atoms with E-state index in [4.69, 9.17) is 10.00 Å². The summed E-state index contributed by atoms with van der Waals surface area (Å²) in [6.45, 7) is 1.67. The summed E-state index contributed by atoms with van der Waals surface area (Å²) in [5, 5.41) is 9.11. The van der Waals surface area contributed by atoms with Crippen LogP contribution in [0.2, 0.25) is 0 Å². The summed E-state index contributed by atoms with van der Waals surface area (Å²) in [5.41, 5.74) is 0.760. The fraction of sp³-hybridized carbons (Fsp3) is 0.364. The van der Waals surface area contributed by atoms with Gasteiger partial charge >= 0.3 is 0 Å². The number of benzene rings is 1. The van der Waals surface area contributed by atoms with Crippen molar-refractivity contribution in [3.8, 4) is 11.9 Å². The number of pyridine rings is 1. The number of aromatic amines is 1. The lowest BCUT2D eigenvalue weighted by Crippen LogP contribution is -2.57. The van der Waals surface area contributed by atoms with Crippen LogP contribution in [0.4, 0.5) is 4.39 Å². The van der Waals surface area contributed by atoms with E-state index in [1.807, 2.05) is 6.07 Å². The number of nitrogens with zero attached hydrogens (tertiary/aromatic N) is 4. The third-order valence-corrected chi connectivity index (χ3v) is 6.02.